The van der Waals surface area contributed by atoms with Crippen LogP contribution in [0.3, 0.4) is 0 Å². The number of nitrogens with zero attached hydrogens (tertiary/aromatic N) is 1. The Morgan fingerprint density at radius 2 is 2.05 bits per heavy atom. The second-order valence-corrected chi connectivity index (χ2v) is 5.59. The SMILES string of the molecule is Cc1ccc(C2CCCCN2C(=O)C(C)CN)cc1. The van der Waals surface area contributed by atoms with Crippen LogP contribution in [0, 0.1) is 12.8 Å². The van der Waals surface area contributed by atoms with Crippen molar-refractivity contribution in [3.8, 4) is 0 Å². The van der Waals surface area contributed by atoms with Gasteiger partial charge in [0.25, 0.3) is 0 Å². The summed E-state index contributed by atoms with van der Waals surface area (Å²) in [5.74, 6) is 0.124. The van der Waals surface area contributed by atoms with E-state index in [2.05, 4.69) is 31.2 Å². The Balaban J connectivity index is 2.20. The van der Waals surface area contributed by atoms with Crippen molar-refractivity contribution >= 4 is 5.91 Å². The lowest BCUT2D eigenvalue weighted by atomic mass is 9.93. The first-order valence-corrected chi connectivity index (χ1v) is 7.20. The second-order valence-electron chi connectivity index (χ2n) is 5.59. The molecule has 0 bridgehead atoms. The molecule has 2 atom stereocenters. The lowest BCUT2D eigenvalue weighted by Gasteiger charge is -2.37. The number of aryl methyl sites for hydroxylation is 1. The molecule has 2 rings (SSSR count). The van der Waals surface area contributed by atoms with Crippen molar-refractivity contribution in [3.05, 3.63) is 35.4 Å². The van der Waals surface area contributed by atoms with Crippen LogP contribution in [0.1, 0.15) is 43.4 Å². The zero-order valence-corrected chi connectivity index (χ0v) is 11.9. The van der Waals surface area contributed by atoms with Crippen LogP contribution in [0.2, 0.25) is 0 Å². The predicted molar refractivity (Wildman–Crippen MR) is 77.7 cm³/mol. The molecule has 1 aromatic carbocycles. The molecule has 3 heteroatoms. The van der Waals surface area contributed by atoms with Crippen molar-refractivity contribution in [2.24, 2.45) is 11.7 Å². The first-order chi connectivity index (χ1) is 9.13. The molecule has 1 saturated heterocycles. The van der Waals surface area contributed by atoms with E-state index in [1.165, 1.54) is 17.5 Å². The third kappa shape index (κ3) is 3.16. The van der Waals surface area contributed by atoms with E-state index in [1.807, 2.05) is 11.8 Å². The molecule has 2 unspecified atom stereocenters. The van der Waals surface area contributed by atoms with Crippen LogP contribution < -0.4 is 5.73 Å². The third-order valence-electron chi connectivity index (χ3n) is 4.02. The van der Waals surface area contributed by atoms with Gasteiger partial charge in [-0.1, -0.05) is 36.8 Å². The molecule has 19 heavy (non-hydrogen) atoms. The van der Waals surface area contributed by atoms with Crippen LogP contribution in [0.15, 0.2) is 24.3 Å². The highest BCUT2D eigenvalue weighted by Gasteiger charge is 2.29. The van der Waals surface area contributed by atoms with Crippen molar-refractivity contribution in [1.82, 2.24) is 4.90 Å². The van der Waals surface area contributed by atoms with Gasteiger partial charge in [0, 0.05) is 19.0 Å². The van der Waals surface area contributed by atoms with Gasteiger partial charge in [0.2, 0.25) is 5.91 Å². The van der Waals surface area contributed by atoms with Gasteiger partial charge in [-0.15, -0.1) is 0 Å². The Labute approximate surface area is 115 Å². The number of carbonyl (C=O) groups excluding carboxylic acids is 1. The maximum Gasteiger partial charge on any atom is 0.227 e. The Morgan fingerprint density at radius 1 is 1.37 bits per heavy atom. The van der Waals surface area contributed by atoms with Gasteiger partial charge >= 0.3 is 0 Å². The van der Waals surface area contributed by atoms with E-state index in [0.717, 1.165) is 19.4 Å². The second kappa shape index (κ2) is 6.20. The number of carbonyl (C=O) groups is 1. The van der Waals surface area contributed by atoms with Gasteiger partial charge in [0.15, 0.2) is 0 Å². The quantitative estimate of drug-likeness (QED) is 0.908. The summed E-state index contributed by atoms with van der Waals surface area (Å²) in [6.45, 7) is 5.30. The van der Waals surface area contributed by atoms with Crippen LogP contribution in [0.5, 0.6) is 0 Å². The molecular formula is C16H24N2O. The number of amides is 1. The van der Waals surface area contributed by atoms with E-state index < -0.39 is 0 Å². The summed E-state index contributed by atoms with van der Waals surface area (Å²) in [7, 11) is 0. The highest BCUT2D eigenvalue weighted by Crippen LogP contribution is 2.32. The molecule has 0 aliphatic carbocycles. The molecule has 0 aromatic heterocycles. The molecule has 1 fully saturated rings. The van der Waals surface area contributed by atoms with Crippen LogP contribution in [0.4, 0.5) is 0 Å². The van der Waals surface area contributed by atoms with Crippen LogP contribution >= 0.6 is 0 Å². The minimum absolute atomic E-state index is 0.0777. The van der Waals surface area contributed by atoms with Gasteiger partial charge in [-0.05, 0) is 31.7 Å². The Bertz CT molecular complexity index is 427. The van der Waals surface area contributed by atoms with E-state index in [-0.39, 0.29) is 17.9 Å². The monoisotopic (exact) mass is 260 g/mol. The lowest BCUT2D eigenvalue weighted by molar-refractivity contribution is -0.138. The number of rotatable bonds is 3. The number of hydrogen-bond donors (Lipinski definition) is 1. The molecule has 0 saturated carbocycles. The van der Waals surface area contributed by atoms with E-state index in [9.17, 15) is 4.79 Å². The van der Waals surface area contributed by atoms with Crippen molar-refractivity contribution in [1.29, 1.82) is 0 Å². The average molecular weight is 260 g/mol. The zero-order chi connectivity index (χ0) is 13.8. The number of nitrogens with two attached hydrogens (primary N) is 1. The molecule has 1 aliphatic heterocycles. The van der Waals surface area contributed by atoms with Gasteiger partial charge in [-0.25, -0.2) is 0 Å². The minimum Gasteiger partial charge on any atom is -0.335 e. The molecule has 1 amide bonds. The summed E-state index contributed by atoms with van der Waals surface area (Å²) in [6, 6.07) is 8.78. The minimum atomic E-state index is -0.0777. The summed E-state index contributed by atoms with van der Waals surface area (Å²) in [5, 5.41) is 0. The maximum atomic E-state index is 12.4. The average Bonchev–Trinajstić information content (AvgIpc) is 2.46. The number of hydrogen-bond acceptors (Lipinski definition) is 2. The number of benzene rings is 1. The molecule has 104 valence electrons. The standard InChI is InChI=1S/C16H24N2O/c1-12-6-8-14(9-7-12)15-5-3-4-10-18(15)16(19)13(2)11-17/h6-9,13,15H,3-5,10-11,17H2,1-2H3. The Morgan fingerprint density at radius 3 is 2.68 bits per heavy atom. The molecular weight excluding hydrogens is 236 g/mol. The molecule has 2 N–H and O–H groups in total. The Kier molecular flexibility index (Phi) is 4.59. The largest absolute Gasteiger partial charge is 0.335 e. The first kappa shape index (κ1) is 14.1. The summed E-state index contributed by atoms with van der Waals surface area (Å²) in [4.78, 5) is 14.5. The fraction of sp³-hybridized carbons (Fsp3) is 0.562. The van der Waals surface area contributed by atoms with E-state index in [0.29, 0.717) is 6.54 Å². The molecule has 1 heterocycles. The first-order valence-electron chi connectivity index (χ1n) is 7.20. The topological polar surface area (TPSA) is 46.3 Å². The normalized spacial score (nSPS) is 21.2. The van der Waals surface area contributed by atoms with Gasteiger partial charge in [0.05, 0.1) is 6.04 Å². The zero-order valence-electron chi connectivity index (χ0n) is 11.9. The highest BCUT2D eigenvalue weighted by atomic mass is 16.2. The van der Waals surface area contributed by atoms with Gasteiger partial charge < -0.3 is 10.6 Å². The summed E-state index contributed by atoms with van der Waals surface area (Å²) < 4.78 is 0. The fourth-order valence-electron chi connectivity index (χ4n) is 2.71. The van der Waals surface area contributed by atoms with Crippen LogP contribution in [0.25, 0.3) is 0 Å². The van der Waals surface area contributed by atoms with Crippen molar-refractivity contribution in [3.63, 3.8) is 0 Å². The van der Waals surface area contributed by atoms with Gasteiger partial charge in [0.1, 0.15) is 0 Å². The fourth-order valence-corrected chi connectivity index (χ4v) is 2.71. The van der Waals surface area contributed by atoms with Crippen LogP contribution in [-0.2, 0) is 4.79 Å². The van der Waals surface area contributed by atoms with E-state index in [1.54, 1.807) is 0 Å². The predicted octanol–water partition coefficient (Wildman–Crippen LogP) is 2.64. The number of likely N-dealkylation sites (tertiary alicyclic amines) is 1. The molecule has 1 aromatic rings. The highest BCUT2D eigenvalue weighted by molar-refractivity contribution is 5.79. The summed E-state index contributed by atoms with van der Waals surface area (Å²) >= 11 is 0. The van der Waals surface area contributed by atoms with Gasteiger partial charge in [-0.2, -0.15) is 0 Å². The van der Waals surface area contributed by atoms with Gasteiger partial charge in [-0.3, -0.25) is 4.79 Å². The maximum absolute atomic E-state index is 12.4. The van der Waals surface area contributed by atoms with Crippen molar-refractivity contribution in [2.75, 3.05) is 13.1 Å². The summed E-state index contributed by atoms with van der Waals surface area (Å²) in [6.07, 6.45) is 3.36. The van der Waals surface area contributed by atoms with E-state index >= 15 is 0 Å². The molecule has 0 spiro atoms. The summed E-state index contributed by atoms with van der Waals surface area (Å²) in [5.41, 5.74) is 8.15. The van der Waals surface area contributed by atoms with Crippen molar-refractivity contribution < 1.29 is 4.79 Å². The molecule has 1 aliphatic rings. The molecule has 0 radical (unpaired) electrons. The van der Waals surface area contributed by atoms with E-state index in [4.69, 9.17) is 5.73 Å². The van der Waals surface area contributed by atoms with Crippen LogP contribution in [-0.4, -0.2) is 23.9 Å². The lowest BCUT2D eigenvalue weighted by Crippen LogP contribution is -2.43. The number of piperidine rings is 1. The molecule has 3 nitrogen and oxygen atoms in total. The Hall–Kier alpha value is -1.35. The smallest absolute Gasteiger partial charge is 0.227 e. The van der Waals surface area contributed by atoms with Crippen molar-refractivity contribution in [2.45, 2.75) is 39.2 Å². The third-order valence-corrected chi connectivity index (χ3v) is 4.02.